The van der Waals surface area contributed by atoms with Crippen LogP contribution >= 0.6 is 11.6 Å². The van der Waals surface area contributed by atoms with E-state index in [-0.39, 0.29) is 25.0 Å². The fourth-order valence-electron chi connectivity index (χ4n) is 4.09. The lowest BCUT2D eigenvalue weighted by Gasteiger charge is -2.29. The number of carbonyl (C=O) groups excluding carboxylic acids is 2. The number of piperazine rings is 1. The molecule has 0 aliphatic carbocycles. The van der Waals surface area contributed by atoms with Crippen LogP contribution in [0.3, 0.4) is 0 Å². The van der Waals surface area contributed by atoms with E-state index in [1.54, 1.807) is 30.3 Å². The number of aromatic nitrogens is 2. The number of ether oxygens (including phenoxy) is 1. The maximum atomic E-state index is 13.1. The lowest BCUT2D eigenvalue weighted by molar-refractivity contribution is -0.120. The van der Waals surface area contributed by atoms with Gasteiger partial charge in [0, 0.05) is 31.2 Å². The van der Waals surface area contributed by atoms with Gasteiger partial charge in [0.15, 0.2) is 0 Å². The van der Waals surface area contributed by atoms with E-state index in [0.29, 0.717) is 35.1 Å². The predicted octanol–water partition coefficient (Wildman–Crippen LogP) is 4.06. The number of nitrogens with zero attached hydrogens (tertiary/aromatic N) is 3. The van der Waals surface area contributed by atoms with Crippen LogP contribution in [0.1, 0.15) is 21.6 Å². The molecule has 1 fully saturated rings. The highest BCUT2D eigenvalue weighted by atomic mass is 35.5. The quantitative estimate of drug-likeness (QED) is 0.426. The third-order valence-electron chi connectivity index (χ3n) is 5.82. The Hall–Kier alpha value is -4.04. The highest BCUT2D eigenvalue weighted by Gasteiger charge is 2.19. The molecule has 2 aromatic heterocycles. The number of hydrogen-bond acceptors (Lipinski definition) is 5. The SMILES string of the molecule is Cc1cccn2cc(COc3ccccc3C(=O)Nc3ccc(N4CCNC(=O)C4)c(Cl)c3)nc12. The van der Waals surface area contributed by atoms with Gasteiger partial charge in [0.25, 0.3) is 5.91 Å². The third-order valence-corrected chi connectivity index (χ3v) is 6.12. The maximum absolute atomic E-state index is 13.1. The highest BCUT2D eigenvalue weighted by Crippen LogP contribution is 2.30. The van der Waals surface area contributed by atoms with E-state index in [1.807, 2.05) is 52.9 Å². The number of halogens is 1. The fraction of sp³-hybridized carbons (Fsp3) is 0.192. The van der Waals surface area contributed by atoms with E-state index < -0.39 is 0 Å². The van der Waals surface area contributed by atoms with E-state index in [0.717, 1.165) is 22.6 Å². The van der Waals surface area contributed by atoms with Crippen LogP contribution in [0.2, 0.25) is 5.02 Å². The number of pyridine rings is 1. The number of amides is 2. The van der Waals surface area contributed by atoms with Crippen molar-refractivity contribution in [1.29, 1.82) is 0 Å². The molecule has 9 heteroatoms. The van der Waals surface area contributed by atoms with Gasteiger partial charge in [-0.1, -0.05) is 29.8 Å². The summed E-state index contributed by atoms with van der Waals surface area (Å²) in [5, 5.41) is 6.14. The lowest BCUT2D eigenvalue weighted by Crippen LogP contribution is -2.47. The molecule has 0 saturated carbocycles. The second-order valence-corrected chi connectivity index (χ2v) is 8.74. The molecular weight excluding hydrogens is 466 g/mol. The van der Waals surface area contributed by atoms with Crippen molar-refractivity contribution in [1.82, 2.24) is 14.7 Å². The van der Waals surface area contributed by atoms with Gasteiger partial charge < -0.3 is 24.7 Å². The molecule has 0 radical (unpaired) electrons. The monoisotopic (exact) mass is 489 g/mol. The zero-order valence-electron chi connectivity index (χ0n) is 19.1. The molecule has 2 amide bonds. The molecule has 178 valence electrons. The molecular formula is C26H24ClN5O3. The summed E-state index contributed by atoms with van der Waals surface area (Å²) in [5.41, 5.74) is 4.43. The third kappa shape index (κ3) is 4.93. The standard InChI is InChI=1S/C26H24ClN5O3/c1-17-5-4-11-32-14-19(29-25(17)32)16-35-23-7-3-2-6-20(23)26(34)30-18-8-9-22(21(27)13-18)31-12-10-28-24(33)15-31/h2-9,11,13-14H,10,12,15-16H2,1H3,(H,28,33)(H,30,34). The van der Waals surface area contributed by atoms with Gasteiger partial charge in [0.05, 0.1) is 28.5 Å². The summed E-state index contributed by atoms with van der Waals surface area (Å²) in [6, 6.07) is 16.3. The van der Waals surface area contributed by atoms with Gasteiger partial charge in [0.2, 0.25) is 5.91 Å². The van der Waals surface area contributed by atoms with Crippen LogP contribution in [0.4, 0.5) is 11.4 Å². The molecule has 4 aromatic rings. The van der Waals surface area contributed by atoms with Crippen LogP contribution in [0.15, 0.2) is 67.0 Å². The van der Waals surface area contributed by atoms with E-state index in [2.05, 4.69) is 15.6 Å². The molecule has 0 atom stereocenters. The van der Waals surface area contributed by atoms with Crippen molar-refractivity contribution in [3.8, 4) is 5.75 Å². The summed E-state index contributed by atoms with van der Waals surface area (Å²) in [5.74, 6) is 0.105. The van der Waals surface area contributed by atoms with Gasteiger partial charge in [-0.05, 0) is 48.9 Å². The van der Waals surface area contributed by atoms with Gasteiger partial charge >= 0.3 is 0 Å². The van der Waals surface area contributed by atoms with Crippen molar-refractivity contribution in [3.05, 3.63) is 88.8 Å². The van der Waals surface area contributed by atoms with Crippen molar-refractivity contribution in [2.45, 2.75) is 13.5 Å². The Kier molecular flexibility index (Phi) is 6.29. The number of nitrogens with one attached hydrogen (secondary N) is 2. The maximum Gasteiger partial charge on any atom is 0.259 e. The van der Waals surface area contributed by atoms with Crippen molar-refractivity contribution >= 4 is 40.4 Å². The molecule has 8 nitrogen and oxygen atoms in total. The van der Waals surface area contributed by atoms with E-state index >= 15 is 0 Å². The number of fused-ring (bicyclic) bond motifs is 1. The number of anilines is 2. The summed E-state index contributed by atoms with van der Waals surface area (Å²) in [4.78, 5) is 31.3. The number of rotatable bonds is 6. The Balaban J connectivity index is 1.29. The summed E-state index contributed by atoms with van der Waals surface area (Å²) in [6.07, 6.45) is 3.86. The van der Waals surface area contributed by atoms with Crippen molar-refractivity contribution in [3.63, 3.8) is 0 Å². The second kappa shape index (κ2) is 9.68. The van der Waals surface area contributed by atoms with Gasteiger partial charge in [-0.2, -0.15) is 0 Å². The van der Waals surface area contributed by atoms with Crippen molar-refractivity contribution < 1.29 is 14.3 Å². The lowest BCUT2D eigenvalue weighted by atomic mass is 10.1. The Morgan fingerprint density at radius 2 is 2.06 bits per heavy atom. The van der Waals surface area contributed by atoms with E-state index in [4.69, 9.17) is 16.3 Å². The number of imidazole rings is 1. The molecule has 2 aromatic carbocycles. The molecule has 0 unspecified atom stereocenters. The summed E-state index contributed by atoms with van der Waals surface area (Å²) < 4.78 is 7.93. The Labute approximate surface area is 207 Å². The Morgan fingerprint density at radius 1 is 1.20 bits per heavy atom. The van der Waals surface area contributed by atoms with Gasteiger partial charge in [0.1, 0.15) is 18.0 Å². The first-order valence-electron chi connectivity index (χ1n) is 11.3. The molecule has 3 heterocycles. The molecule has 1 aliphatic heterocycles. The Morgan fingerprint density at radius 3 is 2.86 bits per heavy atom. The number of hydrogen-bond donors (Lipinski definition) is 2. The van der Waals surface area contributed by atoms with Crippen LogP contribution in [0.25, 0.3) is 5.65 Å². The van der Waals surface area contributed by atoms with E-state index in [9.17, 15) is 9.59 Å². The van der Waals surface area contributed by atoms with Crippen LogP contribution in [0, 0.1) is 6.92 Å². The zero-order valence-corrected chi connectivity index (χ0v) is 19.9. The van der Waals surface area contributed by atoms with Crippen LogP contribution in [0.5, 0.6) is 5.75 Å². The first-order valence-corrected chi connectivity index (χ1v) is 11.6. The van der Waals surface area contributed by atoms with Crippen LogP contribution in [-0.4, -0.2) is 40.8 Å². The molecule has 0 spiro atoms. The predicted molar refractivity (Wildman–Crippen MR) is 135 cm³/mol. The summed E-state index contributed by atoms with van der Waals surface area (Å²) >= 11 is 6.48. The minimum atomic E-state index is -0.312. The number of benzene rings is 2. The second-order valence-electron chi connectivity index (χ2n) is 8.33. The van der Waals surface area contributed by atoms with E-state index in [1.165, 1.54) is 0 Å². The molecule has 0 bridgehead atoms. The minimum Gasteiger partial charge on any atom is -0.486 e. The average Bonchev–Trinajstić information content (AvgIpc) is 3.27. The molecule has 5 rings (SSSR count). The molecule has 2 N–H and O–H groups in total. The van der Waals surface area contributed by atoms with Crippen LogP contribution < -0.4 is 20.3 Å². The first kappa shape index (κ1) is 22.7. The number of para-hydroxylation sites is 1. The smallest absolute Gasteiger partial charge is 0.259 e. The number of carbonyl (C=O) groups is 2. The van der Waals surface area contributed by atoms with Gasteiger partial charge in [-0.3, -0.25) is 9.59 Å². The highest BCUT2D eigenvalue weighted by molar-refractivity contribution is 6.33. The van der Waals surface area contributed by atoms with Crippen LogP contribution in [-0.2, 0) is 11.4 Å². The van der Waals surface area contributed by atoms with Gasteiger partial charge in [-0.25, -0.2) is 4.98 Å². The molecule has 35 heavy (non-hydrogen) atoms. The van der Waals surface area contributed by atoms with Crippen molar-refractivity contribution in [2.24, 2.45) is 0 Å². The first-order chi connectivity index (χ1) is 17.0. The average molecular weight is 490 g/mol. The van der Waals surface area contributed by atoms with Crippen molar-refractivity contribution in [2.75, 3.05) is 29.9 Å². The molecule has 1 aliphatic rings. The molecule has 1 saturated heterocycles. The summed E-state index contributed by atoms with van der Waals surface area (Å²) in [7, 11) is 0. The van der Waals surface area contributed by atoms with Gasteiger partial charge in [-0.15, -0.1) is 0 Å². The number of aryl methyl sites for hydroxylation is 1. The largest absolute Gasteiger partial charge is 0.486 e. The summed E-state index contributed by atoms with van der Waals surface area (Å²) in [6.45, 7) is 3.73. The normalized spacial score (nSPS) is 13.5. The topological polar surface area (TPSA) is 88.0 Å². The fourth-order valence-corrected chi connectivity index (χ4v) is 4.39. The Bertz CT molecular complexity index is 1420. The zero-order chi connectivity index (χ0) is 24.4. The minimum absolute atomic E-state index is 0.0416.